The largest absolute Gasteiger partial charge is 0.465 e. The molecule has 0 N–H and O–H groups in total. The zero-order valence-electron chi connectivity index (χ0n) is 15.8. The van der Waals surface area contributed by atoms with Crippen LogP contribution in [0, 0.1) is 11.3 Å². The smallest absolute Gasteiger partial charge is 0.311 e. The first-order valence-electron chi connectivity index (χ1n) is 8.77. The topological polar surface area (TPSA) is 35.5 Å². The van der Waals surface area contributed by atoms with E-state index in [1.54, 1.807) is 0 Å². The first kappa shape index (κ1) is 19.7. The summed E-state index contributed by atoms with van der Waals surface area (Å²) in [6.07, 6.45) is 5.45. The summed E-state index contributed by atoms with van der Waals surface area (Å²) in [7, 11) is -1.60. The molecule has 1 rings (SSSR count). The highest BCUT2D eigenvalue weighted by molar-refractivity contribution is 6.74. The number of ether oxygens (including phenoxy) is 1. The fourth-order valence-corrected chi connectivity index (χ4v) is 3.83. The molecule has 22 heavy (non-hydrogen) atoms. The van der Waals surface area contributed by atoms with Crippen molar-refractivity contribution in [3.8, 4) is 0 Å². The summed E-state index contributed by atoms with van der Waals surface area (Å²) in [6, 6.07) is 0. The second-order valence-corrected chi connectivity index (χ2v) is 13.8. The van der Waals surface area contributed by atoms with E-state index in [1.165, 1.54) is 12.8 Å². The number of hydrogen-bond acceptors (Lipinski definition) is 3. The predicted molar refractivity (Wildman–Crippen MR) is 94.5 cm³/mol. The number of hydrogen-bond donors (Lipinski definition) is 0. The standard InChI is InChI=1S/C18H36O3Si/c1-17(2,3)22(6,7)21-12-9-8-10-15-11-13-20-16(19)18(4,5)14-15/h15H,8-14H2,1-7H3/t15-/m0/s1. The molecule has 4 heteroatoms. The Balaban J connectivity index is 2.29. The molecule has 0 saturated carbocycles. The highest BCUT2D eigenvalue weighted by Gasteiger charge is 2.37. The van der Waals surface area contributed by atoms with Crippen LogP contribution in [-0.4, -0.2) is 27.5 Å². The van der Waals surface area contributed by atoms with Crippen molar-refractivity contribution < 1.29 is 14.0 Å². The highest BCUT2D eigenvalue weighted by atomic mass is 28.4. The van der Waals surface area contributed by atoms with Crippen LogP contribution in [-0.2, 0) is 14.0 Å². The van der Waals surface area contributed by atoms with Gasteiger partial charge in [-0.3, -0.25) is 4.79 Å². The van der Waals surface area contributed by atoms with Crippen LogP contribution in [0.4, 0.5) is 0 Å². The Bertz CT molecular complexity index is 369. The monoisotopic (exact) mass is 328 g/mol. The molecule has 0 aromatic heterocycles. The molecular formula is C18H36O3Si. The molecule has 0 radical (unpaired) electrons. The predicted octanol–water partition coefficient (Wildman–Crippen LogP) is 5.16. The lowest BCUT2D eigenvalue weighted by Gasteiger charge is -2.36. The van der Waals surface area contributed by atoms with E-state index in [1.807, 2.05) is 13.8 Å². The van der Waals surface area contributed by atoms with E-state index in [4.69, 9.17) is 9.16 Å². The molecule has 1 aliphatic heterocycles. The lowest BCUT2D eigenvalue weighted by molar-refractivity contribution is -0.152. The summed E-state index contributed by atoms with van der Waals surface area (Å²) in [5.41, 5.74) is -0.321. The molecule has 0 aromatic carbocycles. The quantitative estimate of drug-likeness (QED) is 0.384. The number of rotatable bonds is 6. The Labute approximate surface area is 138 Å². The Morgan fingerprint density at radius 3 is 2.50 bits per heavy atom. The zero-order valence-corrected chi connectivity index (χ0v) is 16.8. The number of cyclic esters (lactones) is 1. The van der Waals surface area contributed by atoms with Crippen molar-refractivity contribution in [2.24, 2.45) is 11.3 Å². The van der Waals surface area contributed by atoms with E-state index in [2.05, 4.69) is 33.9 Å². The van der Waals surface area contributed by atoms with Crippen molar-refractivity contribution >= 4 is 14.3 Å². The Hall–Kier alpha value is -0.353. The molecule has 130 valence electrons. The van der Waals surface area contributed by atoms with E-state index in [-0.39, 0.29) is 16.4 Å². The first-order chi connectivity index (χ1) is 9.96. The minimum atomic E-state index is -1.60. The molecule has 1 aliphatic rings. The van der Waals surface area contributed by atoms with Gasteiger partial charge in [0, 0.05) is 6.61 Å². The second kappa shape index (κ2) is 7.48. The molecule has 1 saturated heterocycles. The van der Waals surface area contributed by atoms with E-state index < -0.39 is 8.32 Å². The normalized spacial score (nSPS) is 23.0. The van der Waals surface area contributed by atoms with Crippen LogP contribution in [0.25, 0.3) is 0 Å². The van der Waals surface area contributed by atoms with E-state index in [0.717, 1.165) is 25.9 Å². The van der Waals surface area contributed by atoms with Crippen LogP contribution in [0.2, 0.25) is 18.1 Å². The van der Waals surface area contributed by atoms with Crippen LogP contribution in [0.5, 0.6) is 0 Å². The van der Waals surface area contributed by atoms with Gasteiger partial charge in [0.2, 0.25) is 0 Å². The Morgan fingerprint density at radius 2 is 1.91 bits per heavy atom. The van der Waals surface area contributed by atoms with Crippen molar-refractivity contribution in [2.45, 2.75) is 84.9 Å². The minimum Gasteiger partial charge on any atom is -0.465 e. The first-order valence-corrected chi connectivity index (χ1v) is 11.7. The Morgan fingerprint density at radius 1 is 1.27 bits per heavy atom. The van der Waals surface area contributed by atoms with Gasteiger partial charge in [-0.15, -0.1) is 0 Å². The van der Waals surface area contributed by atoms with E-state index in [0.29, 0.717) is 12.5 Å². The Kier molecular flexibility index (Phi) is 6.69. The number of carbonyl (C=O) groups is 1. The summed E-state index contributed by atoms with van der Waals surface area (Å²) in [5.74, 6) is 0.575. The average Bonchev–Trinajstić information content (AvgIpc) is 2.47. The minimum absolute atomic E-state index is 0.0312. The molecule has 0 spiro atoms. The van der Waals surface area contributed by atoms with Crippen molar-refractivity contribution in [3.05, 3.63) is 0 Å². The maximum atomic E-state index is 11.8. The number of unbranched alkanes of at least 4 members (excludes halogenated alkanes) is 1. The van der Waals surface area contributed by atoms with Crippen LogP contribution >= 0.6 is 0 Å². The molecule has 0 amide bonds. The fraction of sp³-hybridized carbons (Fsp3) is 0.944. The van der Waals surface area contributed by atoms with Crippen LogP contribution in [0.1, 0.15) is 66.7 Å². The lowest BCUT2D eigenvalue weighted by atomic mass is 9.80. The van der Waals surface area contributed by atoms with Gasteiger partial charge >= 0.3 is 5.97 Å². The van der Waals surface area contributed by atoms with Gasteiger partial charge in [0.15, 0.2) is 8.32 Å². The van der Waals surface area contributed by atoms with Crippen molar-refractivity contribution in [3.63, 3.8) is 0 Å². The van der Waals surface area contributed by atoms with Crippen LogP contribution < -0.4 is 0 Å². The van der Waals surface area contributed by atoms with E-state index in [9.17, 15) is 4.79 Å². The van der Waals surface area contributed by atoms with Gasteiger partial charge in [-0.1, -0.05) is 33.6 Å². The summed E-state index contributed by atoms with van der Waals surface area (Å²) >= 11 is 0. The van der Waals surface area contributed by atoms with Crippen LogP contribution in [0.3, 0.4) is 0 Å². The molecule has 0 aliphatic carbocycles. The summed E-state index contributed by atoms with van der Waals surface area (Å²) in [5, 5.41) is 0.288. The molecule has 0 aromatic rings. The van der Waals surface area contributed by atoms with Crippen LogP contribution in [0.15, 0.2) is 0 Å². The van der Waals surface area contributed by atoms with Gasteiger partial charge in [0.1, 0.15) is 0 Å². The molecule has 0 bridgehead atoms. The molecular weight excluding hydrogens is 292 g/mol. The van der Waals surface area contributed by atoms with Gasteiger partial charge in [-0.05, 0) is 57.2 Å². The van der Waals surface area contributed by atoms with Gasteiger partial charge < -0.3 is 9.16 Å². The van der Waals surface area contributed by atoms with Gasteiger partial charge in [0.05, 0.1) is 12.0 Å². The molecule has 1 atom stereocenters. The SMILES string of the molecule is CC1(C)C[C@@H](CCCCO[Si](C)(C)C(C)(C)C)CCOC1=O. The molecule has 3 nitrogen and oxygen atoms in total. The summed E-state index contributed by atoms with van der Waals surface area (Å²) in [6.45, 7) is 16.9. The third-order valence-corrected chi connectivity index (χ3v) is 9.92. The third-order valence-electron chi connectivity index (χ3n) is 5.39. The maximum Gasteiger partial charge on any atom is 0.311 e. The van der Waals surface area contributed by atoms with Crippen molar-refractivity contribution in [2.75, 3.05) is 13.2 Å². The second-order valence-electron chi connectivity index (χ2n) is 8.98. The van der Waals surface area contributed by atoms with E-state index >= 15 is 0 Å². The van der Waals surface area contributed by atoms with Crippen molar-refractivity contribution in [1.29, 1.82) is 0 Å². The summed E-state index contributed by atoms with van der Waals surface area (Å²) < 4.78 is 11.5. The fourth-order valence-electron chi connectivity index (χ4n) is 2.75. The number of esters is 1. The average molecular weight is 329 g/mol. The highest BCUT2D eigenvalue weighted by Crippen LogP contribution is 2.37. The van der Waals surface area contributed by atoms with Crippen molar-refractivity contribution in [1.82, 2.24) is 0 Å². The van der Waals surface area contributed by atoms with Gasteiger partial charge in [0.25, 0.3) is 0 Å². The van der Waals surface area contributed by atoms with Gasteiger partial charge in [-0.25, -0.2) is 0 Å². The number of carbonyl (C=O) groups excluding carboxylic acids is 1. The molecule has 1 heterocycles. The zero-order chi connectivity index (χ0) is 17.0. The molecule has 1 fully saturated rings. The lowest BCUT2D eigenvalue weighted by Crippen LogP contribution is -2.40. The molecule has 0 unspecified atom stereocenters. The van der Waals surface area contributed by atoms with Gasteiger partial charge in [-0.2, -0.15) is 0 Å². The summed E-state index contributed by atoms with van der Waals surface area (Å²) in [4.78, 5) is 11.8. The maximum absolute atomic E-state index is 11.8. The third kappa shape index (κ3) is 5.69.